The summed E-state index contributed by atoms with van der Waals surface area (Å²) >= 11 is 2.17. The number of hydrogen-bond acceptors (Lipinski definition) is 3. The minimum absolute atomic E-state index is 0.656. The average Bonchev–Trinajstić information content (AvgIpc) is 2.63. The first-order chi connectivity index (χ1) is 6.77. The lowest BCUT2D eigenvalue weighted by molar-refractivity contribution is 1.35. The molecule has 0 unspecified atom stereocenters. The molecule has 0 spiro atoms. The van der Waals surface area contributed by atoms with E-state index in [9.17, 15) is 0 Å². The van der Waals surface area contributed by atoms with Crippen molar-refractivity contribution in [3.05, 3.63) is 30.0 Å². The standard InChI is InChI=1S/C9H6IN3S/c10-14-13-4-3-7-8(12)2-1-6(5-11)9(7)13/h1-4H,12H2. The van der Waals surface area contributed by atoms with E-state index in [2.05, 4.69) is 27.3 Å². The molecule has 0 bridgehead atoms. The van der Waals surface area contributed by atoms with Crippen LogP contribution in [0.15, 0.2) is 24.4 Å². The zero-order valence-corrected chi connectivity index (χ0v) is 10.0. The van der Waals surface area contributed by atoms with E-state index in [1.165, 1.54) is 9.12 Å². The molecule has 2 aromatic rings. The first-order valence-electron chi connectivity index (χ1n) is 3.86. The van der Waals surface area contributed by atoms with Crippen molar-refractivity contribution in [2.24, 2.45) is 0 Å². The molecule has 1 aromatic heterocycles. The summed E-state index contributed by atoms with van der Waals surface area (Å²) in [5.74, 6) is 0. The Bertz CT molecular complexity index is 527. The molecule has 1 heterocycles. The molecule has 2 rings (SSSR count). The van der Waals surface area contributed by atoms with Gasteiger partial charge in [0.05, 0.1) is 11.1 Å². The van der Waals surface area contributed by atoms with Crippen molar-refractivity contribution < 1.29 is 0 Å². The van der Waals surface area contributed by atoms with Crippen LogP contribution < -0.4 is 5.73 Å². The molecule has 0 aliphatic carbocycles. The van der Waals surface area contributed by atoms with Gasteiger partial charge in [-0.2, -0.15) is 5.26 Å². The molecule has 3 nitrogen and oxygen atoms in total. The lowest BCUT2D eigenvalue weighted by Crippen LogP contribution is -1.89. The van der Waals surface area contributed by atoms with Gasteiger partial charge in [0.15, 0.2) is 0 Å². The predicted octanol–water partition coefficient (Wildman–Crippen LogP) is 2.94. The topological polar surface area (TPSA) is 54.7 Å². The molecule has 0 radical (unpaired) electrons. The maximum atomic E-state index is 8.95. The SMILES string of the molecule is N#Cc1ccc(N)c2ccn(SI)c12. The van der Waals surface area contributed by atoms with E-state index in [-0.39, 0.29) is 0 Å². The lowest BCUT2D eigenvalue weighted by Gasteiger charge is -2.01. The van der Waals surface area contributed by atoms with Crippen molar-refractivity contribution in [3.8, 4) is 6.07 Å². The van der Waals surface area contributed by atoms with Gasteiger partial charge in [0.25, 0.3) is 0 Å². The number of hydrogen-bond donors (Lipinski definition) is 1. The van der Waals surface area contributed by atoms with E-state index in [1.807, 2.05) is 16.2 Å². The van der Waals surface area contributed by atoms with Gasteiger partial charge >= 0.3 is 0 Å². The van der Waals surface area contributed by atoms with Crippen molar-refractivity contribution >= 4 is 46.9 Å². The Hall–Kier alpha value is -0.870. The van der Waals surface area contributed by atoms with E-state index in [1.54, 1.807) is 12.1 Å². The van der Waals surface area contributed by atoms with Gasteiger partial charge < -0.3 is 5.73 Å². The Morgan fingerprint density at radius 1 is 1.43 bits per heavy atom. The zero-order chi connectivity index (χ0) is 10.1. The number of nitrogens with two attached hydrogens (primary N) is 1. The molecule has 0 saturated carbocycles. The molecule has 14 heavy (non-hydrogen) atoms. The molecular formula is C9H6IN3S. The molecule has 0 aliphatic heterocycles. The van der Waals surface area contributed by atoms with Crippen LogP contribution in [0.2, 0.25) is 0 Å². The maximum absolute atomic E-state index is 8.95. The van der Waals surface area contributed by atoms with Gasteiger partial charge in [0, 0.05) is 47.6 Å². The Balaban J connectivity index is 2.90. The number of anilines is 1. The number of halogens is 1. The molecule has 2 N–H and O–H groups in total. The van der Waals surface area contributed by atoms with Crippen LogP contribution in [0.1, 0.15) is 5.56 Å². The number of fused-ring (bicyclic) bond motifs is 1. The third kappa shape index (κ3) is 1.35. The fraction of sp³-hybridized carbons (Fsp3) is 0. The second-order valence-corrected chi connectivity index (χ2v) is 4.50. The van der Waals surface area contributed by atoms with E-state index in [4.69, 9.17) is 11.0 Å². The Kier molecular flexibility index (Phi) is 2.56. The summed E-state index contributed by atoms with van der Waals surface area (Å²) in [7, 11) is 1.52. The quantitative estimate of drug-likeness (QED) is 0.650. The van der Waals surface area contributed by atoms with Gasteiger partial charge in [-0.1, -0.05) is 0 Å². The normalized spacial score (nSPS) is 10.3. The molecule has 0 aliphatic rings. The van der Waals surface area contributed by atoms with E-state index < -0.39 is 0 Å². The summed E-state index contributed by atoms with van der Waals surface area (Å²) in [6, 6.07) is 7.61. The van der Waals surface area contributed by atoms with Gasteiger partial charge in [-0.25, -0.2) is 0 Å². The van der Waals surface area contributed by atoms with E-state index >= 15 is 0 Å². The first-order valence-corrected chi connectivity index (χ1v) is 7.18. The molecule has 1 aromatic carbocycles. The molecule has 5 heteroatoms. The van der Waals surface area contributed by atoms with Crippen molar-refractivity contribution in [3.63, 3.8) is 0 Å². The largest absolute Gasteiger partial charge is 0.398 e. The Labute approximate surface area is 97.6 Å². The van der Waals surface area contributed by atoms with Crippen molar-refractivity contribution in [2.75, 3.05) is 5.73 Å². The van der Waals surface area contributed by atoms with Crippen molar-refractivity contribution in [1.29, 1.82) is 5.26 Å². The second kappa shape index (κ2) is 3.71. The van der Waals surface area contributed by atoms with Gasteiger partial charge in [0.1, 0.15) is 6.07 Å². The highest BCUT2D eigenvalue weighted by molar-refractivity contribution is 14.2. The summed E-state index contributed by atoms with van der Waals surface area (Å²) in [6.45, 7) is 0. The maximum Gasteiger partial charge on any atom is 0.101 e. The third-order valence-corrected chi connectivity index (χ3v) is 3.77. The number of nitrogens with zero attached hydrogens (tertiary/aromatic N) is 2. The molecule has 0 saturated heterocycles. The smallest absolute Gasteiger partial charge is 0.101 e. The number of nitrogen functional groups attached to an aromatic ring is 1. The number of aromatic nitrogens is 1. The highest BCUT2D eigenvalue weighted by Gasteiger charge is 2.08. The second-order valence-electron chi connectivity index (χ2n) is 2.79. The first kappa shape index (κ1) is 9.68. The summed E-state index contributed by atoms with van der Waals surface area (Å²) < 4.78 is 1.94. The van der Waals surface area contributed by atoms with Gasteiger partial charge in [-0.3, -0.25) is 3.97 Å². The summed E-state index contributed by atoms with van der Waals surface area (Å²) in [4.78, 5) is 0. The van der Waals surface area contributed by atoms with Crippen LogP contribution in [0, 0.1) is 11.3 Å². The summed E-state index contributed by atoms with van der Waals surface area (Å²) in [5.41, 5.74) is 8.08. The fourth-order valence-electron chi connectivity index (χ4n) is 1.40. The van der Waals surface area contributed by atoms with Crippen molar-refractivity contribution in [2.45, 2.75) is 0 Å². The number of nitriles is 1. The number of rotatable bonds is 1. The molecular weight excluding hydrogens is 309 g/mol. The van der Waals surface area contributed by atoms with Gasteiger partial charge in [-0.05, 0) is 18.2 Å². The summed E-state index contributed by atoms with van der Waals surface area (Å²) in [5, 5.41) is 9.89. The monoisotopic (exact) mass is 315 g/mol. The molecule has 70 valence electrons. The van der Waals surface area contributed by atoms with Crippen LogP contribution in [0.4, 0.5) is 5.69 Å². The fourth-order valence-corrected chi connectivity index (χ4v) is 2.76. The summed E-state index contributed by atoms with van der Waals surface area (Å²) in [6.07, 6.45) is 1.92. The van der Waals surface area contributed by atoms with Gasteiger partial charge in [-0.15, -0.1) is 0 Å². The van der Waals surface area contributed by atoms with Crippen LogP contribution in [-0.4, -0.2) is 3.97 Å². The van der Waals surface area contributed by atoms with Crippen LogP contribution in [-0.2, 0) is 0 Å². The molecule has 0 atom stereocenters. The minimum atomic E-state index is 0.656. The van der Waals surface area contributed by atoms with Gasteiger partial charge in [0.2, 0.25) is 0 Å². The van der Waals surface area contributed by atoms with E-state index in [0.29, 0.717) is 11.3 Å². The lowest BCUT2D eigenvalue weighted by atomic mass is 10.1. The molecule has 0 amide bonds. The predicted molar refractivity (Wildman–Crippen MR) is 68.1 cm³/mol. The number of benzene rings is 1. The van der Waals surface area contributed by atoms with Crippen LogP contribution in [0.3, 0.4) is 0 Å². The third-order valence-electron chi connectivity index (χ3n) is 2.04. The Morgan fingerprint density at radius 2 is 2.21 bits per heavy atom. The minimum Gasteiger partial charge on any atom is -0.398 e. The van der Waals surface area contributed by atoms with Crippen LogP contribution in [0.25, 0.3) is 10.9 Å². The van der Waals surface area contributed by atoms with E-state index in [0.717, 1.165) is 10.9 Å². The zero-order valence-electron chi connectivity index (χ0n) is 7.07. The highest BCUT2D eigenvalue weighted by Crippen LogP contribution is 2.30. The average molecular weight is 315 g/mol. The Morgan fingerprint density at radius 3 is 2.86 bits per heavy atom. The molecule has 0 fully saturated rings. The van der Waals surface area contributed by atoms with Crippen LogP contribution in [0.5, 0.6) is 0 Å². The van der Waals surface area contributed by atoms with Crippen molar-refractivity contribution in [1.82, 2.24) is 3.97 Å². The highest BCUT2D eigenvalue weighted by atomic mass is 127. The van der Waals surface area contributed by atoms with Crippen LogP contribution >= 0.6 is 30.3 Å².